The van der Waals surface area contributed by atoms with Crippen molar-refractivity contribution in [1.29, 1.82) is 0 Å². The topological polar surface area (TPSA) is 79.9 Å². The van der Waals surface area contributed by atoms with Crippen molar-refractivity contribution in [3.8, 4) is 5.75 Å². The lowest BCUT2D eigenvalue weighted by molar-refractivity contribution is -0.118. The molecular weight excluding hydrogens is 346 g/mol. The molecule has 4 rings (SSSR count). The van der Waals surface area contributed by atoms with Crippen molar-refractivity contribution in [2.75, 3.05) is 51.8 Å². The average molecular weight is 373 g/mol. The van der Waals surface area contributed by atoms with Gasteiger partial charge in [0, 0.05) is 24.6 Å². The molecule has 1 atom stereocenters. The quantitative estimate of drug-likeness (QED) is 0.836. The highest BCUT2D eigenvalue weighted by molar-refractivity contribution is 6.00. The number of methoxy groups -OCH3 is 1. The molecule has 2 amide bonds. The maximum absolute atomic E-state index is 12.8. The number of anilines is 1. The van der Waals surface area contributed by atoms with Crippen LogP contribution in [0.2, 0.25) is 0 Å². The third kappa shape index (κ3) is 3.66. The number of carbonyl (C=O) groups is 2. The summed E-state index contributed by atoms with van der Waals surface area (Å²) in [5.41, 5.74) is 1.29. The number of ether oxygens (including phenoxy) is 2. The van der Waals surface area contributed by atoms with E-state index in [1.54, 1.807) is 30.2 Å². The van der Waals surface area contributed by atoms with E-state index in [0.29, 0.717) is 43.3 Å². The summed E-state index contributed by atoms with van der Waals surface area (Å²) in [6.07, 6.45) is 3.06. The zero-order chi connectivity index (χ0) is 18.9. The maximum Gasteiger partial charge on any atom is 0.254 e. The molecule has 1 unspecified atom stereocenters. The number of nitrogens with one attached hydrogen (secondary N) is 2. The molecule has 7 heteroatoms. The molecule has 1 aromatic carbocycles. The van der Waals surface area contributed by atoms with Crippen LogP contribution in [-0.4, -0.2) is 63.2 Å². The molecule has 2 aliphatic heterocycles. The van der Waals surface area contributed by atoms with E-state index in [9.17, 15) is 9.59 Å². The number of hydrogen-bond acceptors (Lipinski definition) is 5. The second-order valence-electron chi connectivity index (χ2n) is 7.68. The van der Waals surface area contributed by atoms with Crippen LogP contribution in [0.5, 0.6) is 5.75 Å². The molecular formula is C20H27N3O4. The summed E-state index contributed by atoms with van der Waals surface area (Å²) in [6.45, 7) is 4.26. The fourth-order valence-electron chi connectivity index (χ4n) is 4.30. The molecule has 2 N–H and O–H groups in total. The summed E-state index contributed by atoms with van der Waals surface area (Å²) in [4.78, 5) is 27.3. The van der Waals surface area contributed by atoms with Gasteiger partial charge < -0.3 is 25.0 Å². The van der Waals surface area contributed by atoms with Crippen molar-refractivity contribution >= 4 is 17.5 Å². The first-order valence-electron chi connectivity index (χ1n) is 9.70. The Morgan fingerprint density at radius 2 is 2.00 bits per heavy atom. The lowest BCUT2D eigenvalue weighted by atomic mass is 9.92. The Morgan fingerprint density at radius 3 is 2.70 bits per heavy atom. The SMILES string of the molecule is COc1ccc(C(=O)N2CCOCC2)cc1NC(=O)C1CC12CCNCC2. The van der Waals surface area contributed by atoms with E-state index in [1.807, 2.05) is 0 Å². The van der Waals surface area contributed by atoms with Crippen molar-refractivity contribution in [2.24, 2.45) is 11.3 Å². The number of hydrogen-bond donors (Lipinski definition) is 2. The first-order chi connectivity index (χ1) is 13.1. The van der Waals surface area contributed by atoms with Gasteiger partial charge in [-0.2, -0.15) is 0 Å². The van der Waals surface area contributed by atoms with Gasteiger partial charge in [-0.15, -0.1) is 0 Å². The molecule has 1 aromatic rings. The largest absolute Gasteiger partial charge is 0.495 e. The monoisotopic (exact) mass is 373 g/mol. The summed E-state index contributed by atoms with van der Waals surface area (Å²) in [6, 6.07) is 5.22. The molecule has 2 saturated heterocycles. The van der Waals surface area contributed by atoms with Crippen LogP contribution in [0, 0.1) is 11.3 Å². The van der Waals surface area contributed by atoms with Gasteiger partial charge in [0.15, 0.2) is 0 Å². The standard InChI is InChI=1S/C20H27N3O4/c1-26-17-3-2-14(19(25)23-8-10-27-11-9-23)12-16(17)22-18(24)15-13-20(15)4-6-21-7-5-20/h2-3,12,15,21H,4-11,13H2,1H3,(H,22,24). The number of carbonyl (C=O) groups excluding carboxylic acids is 2. The normalized spacial score (nSPS) is 23.7. The van der Waals surface area contributed by atoms with Gasteiger partial charge in [0.2, 0.25) is 5.91 Å². The first kappa shape index (κ1) is 18.3. The molecule has 146 valence electrons. The van der Waals surface area contributed by atoms with Crippen LogP contribution in [0.15, 0.2) is 18.2 Å². The lowest BCUT2D eigenvalue weighted by Gasteiger charge is -2.27. The van der Waals surface area contributed by atoms with Crippen LogP contribution < -0.4 is 15.4 Å². The minimum atomic E-state index is -0.0438. The van der Waals surface area contributed by atoms with E-state index in [-0.39, 0.29) is 23.1 Å². The van der Waals surface area contributed by atoms with Gasteiger partial charge in [-0.1, -0.05) is 0 Å². The van der Waals surface area contributed by atoms with Gasteiger partial charge in [-0.25, -0.2) is 0 Å². The van der Waals surface area contributed by atoms with Crippen molar-refractivity contribution in [2.45, 2.75) is 19.3 Å². The van der Waals surface area contributed by atoms with Crippen LogP contribution in [0.4, 0.5) is 5.69 Å². The Balaban J connectivity index is 1.48. The van der Waals surface area contributed by atoms with Crippen LogP contribution in [-0.2, 0) is 9.53 Å². The second-order valence-corrected chi connectivity index (χ2v) is 7.68. The Bertz CT molecular complexity index is 724. The minimum absolute atomic E-state index is 0.0335. The van der Waals surface area contributed by atoms with Gasteiger partial charge in [-0.05, 0) is 56.0 Å². The van der Waals surface area contributed by atoms with E-state index in [0.717, 1.165) is 32.4 Å². The number of nitrogens with zero attached hydrogens (tertiary/aromatic N) is 1. The molecule has 2 heterocycles. The molecule has 1 saturated carbocycles. The molecule has 0 aromatic heterocycles. The Hall–Kier alpha value is -2.12. The molecule has 27 heavy (non-hydrogen) atoms. The number of amides is 2. The van der Waals surface area contributed by atoms with Crippen molar-refractivity contribution in [3.63, 3.8) is 0 Å². The Kier molecular flexibility index (Phi) is 5.06. The molecule has 3 aliphatic rings. The third-order valence-corrected chi connectivity index (χ3v) is 6.11. The van der Waals surface area contributed by atoms with Crippen LogP contribution >= 0.6 is 0 Å². The summed E-state index contributed by atoms with van der Waals surface area (Å²) in [7, 11) is 1.57. The summed E-state index contributed by atoms with van der Waals surface area (Å²) < 4.78 is 10.7. The average Bonchev–Trinajstić information content (AvgIpc) is 3.41. The summed E-state index contributed by atoms with van der Waals surface area (Å²) in [5, 5.41) is 6.37. The van der Waals surface area contributed by atoms with Crippen molar-refractivity contribution in [3.05, 3.63) is 23.8 Å². The summed E-state index contributed by atoms with van der Waals surface area (Å²) in [5.74, 6) is 0.619. The minimum Gasteiger partial charge on any atom is -0.495 e. The highest BCUT2D eigenvalue weighted by atomic mass is 16.5. The molecule has 0 bridgehead atoms. The number of morpholine rings is 1. The van der Waals surface area contributed by atoms with Crippen LogP contribution in [0.1, 0.15) is 29.6 Å². The van der Waals surface area contributed by atoms with Gasteiger partial charge in [0.25, 0.3) is 5.91 Å². The first-order valence-corrected chi connectivity index (χ1v) is 9.70. The zero-order valence-electron chi connectivity index (χ0n) is 15.8. The number of piperidine rings is 1. The Labute approximate surface area is 159 Å². The van der Waals surface area contributed by atoms with E-state index in [1.165, 1.54) is 0 Å². The Morgan fingerprint density at radius 1 is 1.26 bits per heavy atom. The van der Waals surface area contributed by atoms with Gasteiger partial charge in [-0.3, -0.25) is 9.59 Å². The fourth-order valence-corrected chi connectivity index (χ4v) is 4.30. The van der Waals surface area contributed by atoms with Gasteiger partial charge in [0.1, 0.15) is 5.75 Å². The molecule has 1 spiro atoms. The van der Waals surface area contributed by atoms with Gasteiger partial charge in [0.05, 0.1) is 26.0 Å². The van der Waals surface area contributed by atoms with E-state index in [2.05, 4.69) is 10.6 Å². The van der Waals surface area contributed by atoms with Crippen molar-refractivity contribution < 1.29 is 19.1 Å². The smallest absolute Gasteiger partial charge is 0.254 e. The molecule has 1 aliphatic carbocycles. The van der Waals surface area contributed by atoms with Crippen molar-refractivity contribution in [1.82, 2.24) is 10.2 Å². The maximum atomic E-state index is 12.8. The zero-order valence-corrected chi connectivity index (χ0v) is 15.8. The van der Waals surface area contributed by atoms with E-state index in [4.69, 9.17) is 9.47 Å². The van der Waals surface area contributed by atoms with E-state index >= 15 is 0 Å². The van der Waals surface area contributed by atoms with Crippen LogP contribution in [0.25, 0.3) is 0 Å². The van der Waals surface area contributed by atoms with Crippen LogP contribution in [0.3, 0.4) is 0 Å². The molecule has 0 radical (unpaired) electrons. The molecule has 7 nitrogen and oxygen atoms in total. The predicted molar refractivity (Wildman–Crippen MR) is 101 cm³/mol. The highest BCUT2D eigenvalue weighted by Gasteiger charge is 2.57. The fraction of sp³-hybridized carbons (Fsp3) is 0.600. The lowest BCUT2D eigenvalue weighted by Crippen LogP contribution is -2.40. The number of benzene rings is 1. The predicted octanol–water partition coefficient (Wildman–Crippen LogP) is 1.50. The third-order valence-electron chi connectivity index (χ3n) is 6.11. The summed E-state index contributed by atoms with van der Waals surface area (Å²) >= 11 is 0. The number of rotatable bonds is 4. The van der Waals surface area contributed by atoms with Gasteiger partial charge >= 0.3 is 0 Å². The molecule has 3 fully saturated rings. The highest BCUT2D eigenvalue weighted by Crippen LogP contribution is 2.58. The second kappa shape index (κ2) is 7.48. The van der Waals surface area contributed by atoms with E-state index < -0.39 is 0 Å².